The minimum atomic E-state index is -4.54. The first-order valence-corrected chi connectivity index (χ1v) is 6.27. The van der Waals surface area contributed by atoms with Crippen LogP contribution in [0.1, 0.15) is 34.3 Å². The minimum absolute atomic E-state index is 0.175. The Kier molecular flexibility index (Phi) is 4.02. The predicted molar refractivity (Wildman–Crippen MR) is 70.0 cm³/mol. The number of para-hydroxylation sites is 1. The summed E-state index contributed by atoms with van der Waals surface area (Å²) >= 11 is 0. The summed E-state index contributed by atoms with van der Waals surface area (Å²) in [6.07, 6.45) is -4.10. The van der Waals surface area contributed by atoms with E-state index in [1.165, 1.54) is 25.1 Å². The highest BCUT2D eigenvalue weighted by molar-refractivity contribution is 6.06. The Balaban J connectivity index is 2.35. The number of halogens is 3. The zero-order valence-corrected chi connectivity index (χ0v) is 11.4. The van der Waals surface area contributed by atoms with Gasteiger partial charge in [0, 0.05) is 0 Å². The highest BCUT2D eigenvalue weighted by Gasteiger charge is 2.34. The minimum Gasteiger partial charge on any atom is -0.361 e. The lowest BCUT2D eigenvalue weighted by Gasteiger charge is -2.13. The van der Waals surface area contributed by atoms with Crippen LogP contribution in [0.3, 0.4) is 0 Å². The van der Waals surface area contributed by atoms with E-state index in [2.05, 4.69) is 10.5 Å². The fourth-order valence-electron chi connectivity index (χ4n) is 1.97. The van der Waals surface area contributed by atoms with Crippen molar-refractivity contribution < 1.29 is 22.5 Å². The van der Waals surface area contributed by atoms with E-state index in [0.29, 0.717) is 12.1 Å². The fourth-order valence-corrected chi connectivity index (χ4v) is 1.97. The van der Waals surface area contributed by atoms with Crippen molar-refractivity contribution in [3.8, 4) is 0 Å². The number of benzene rings is 1. The normalized spacial score (nSPS) is 11.5. The third kappa shape index (κ3) is 3.07. The molecule has 1 aromatic carbocycles. The number of carbonyl (C=O) groups excluding carboxylic acids is 1. The highest BCUT2D eigenvalue weighted by atomic mass is 19.4. The number of aromatic nitrogens is 1. The lowest BCUT2D eigenvalue weighted by molar-refractivity contribution is -0.136. The second-order valence-electron chi connectivity index (χ2n) is 4.41. The number of rotatable bonds is 3. The molecule has 0 unspecified atom stereocenters. The molecular formula is C14H13F3N2O2. The molecule has 1 aromatic heterocycles. The molecule has 2 rings (SSSR count). The third-order valence-corrected chi connectivity index (χ3v) is 2.98. The smallest absolute Gasteiger partial charge is 0.361 e. The monoisotopic (exact) mass is 298 g/mol. The van der Waals surface area contributed by atoms with Gasteiger partial charge >= 0.3 is 6.18 Å². The Labute approximate surface area is 118 Å². The van der Waals surface area contributed by atoms with Crippen LogP contribution in [0.25, 0.3) is 0 Å². The van der Waals surface area contributed by atoms with Crippen molar-refractivity contribution in [2.75, 3.05) is 5.32 Å². The second kappa shape index (κ2) is 5.59. The molecule has 0 spiro atoms. The molecule has 0 aliphatic heterocycles. The van der Waals surface area contributed by atoms with E-state index < -0.39 is 17.6 Å². The standard InChI is InChI=1S/C14H13F3N2O2/c1-3-10-12(8(2)21-19-10)13(20)18-11-7-5-4-6-9(11)14(15,16)17/h4-7H,3H2,1-2H3,(H,18,20). The largest absolute Gasteiger partial charge is 0.418 e. The number of nitrogens with one attached hydrogen (secondary N) is 1. The second-order valence-corrected chi connectivity index (χ2v) is 4.41. The van der Waals surface area contributed by atoms with Crippen molar-refractivity contribution in [1.82, 2.24) is 5.16 Å². The maximum Gasteiger partial charge on any atom is 0.418 e. The molecule has 1 heterocycles. The molecule has 0 aliphatic rings. The summed E-state index contributed by atoms with van der Waals surface area (Å²) in [6.45, 7) is 3.31. The first-order chi connectivity index (χ1) is 9.84. The number of alkyl halides is 3. The molecule has 1 amide bonds. The van der Waals surface area contributed by atoms with Crippen LogP contribution in [0.2, 0.25) is 0 Å². The molecule has 1 N–H and O–H groups in total. The van der Waals surface area contributed by atoms with E-state index in [4.69, 9.17) is 4.52 Å². The number of hydrogen-bond donors (Lipinski definition) is 1. The summed E-state index contributed by atoms with van der Waals surface area (Å²) in [5.74, 6) is -0.392. The van der Waals surface area contributed by atoms with Crippen LogP contribution >= 0.6 is 0 Å². The SMILES string of the molecule is CCc1noc(C)c1C(=O)Nc1ccccc1C(F)(F)F. The molecule has 7 heteroatoms. The molecule has 4 nitrogen and oxygen atoms in total. The zero-order chi connectivity index (χ0) is 15.6. The van der Waals surface area contributed by atoms with E-state index in [1.807, 2.05) is 0 Å². The predicted octanol–water partition coefficient (Wildman–Crippen LogP) is 3.82. The summed E-state index contributed by atoms with van der Waals surface area (Å²) in [4.78, 5) is 12.2. The Hall–Kier alpha value is -2.31. The summed E-state index contributed by atoms with van der Waals surface area (Å²) in [5, 5.41) is 5.99. The molecule has 0 saturated heterocycles. The molecule has 0 aliphatic carbocycles. The van der Waals surface area contributed by atoms with Crippen molar-refractivity contribution in [3.05, 3.63) is 46.8 Å². The molecule has 0 fully saturated rings. The zero-order valence-electron chi connectivity index (χ0n) is 11.4. The Bertz CT molecular complexity index is 662. The van der Waals surface area contributed by atoms with Gasteiger partial charge in [-0.25, -0.2) is 0 Å². The fraction of sp³-hybridized carbons (Fsp3) is 0.286. The van der Waals surface area contributed by atoms with Gasteiger partial charge in [0.25, 0.3) is 5.91 Å². The van der Waals surface area contributed by atoms with Crippen molar-refractivity contribution >= 4 is 11.6 Å². The van der Waals surface area contributed by atoms with E-state index in [9.17, 15) is 18.0 Å². The van der Waals surface area contributed by atoms with Crippen LogP contribution in [-0.2, 0) is 12.6 Å². The summed E-state index contributed by atoms with van der Waals surface area (Å²) in [7, 11) is 0. The van der Waals surface area contributed by atoms with Gasteiger partial charge in [0.15, 0.2) is 0 Å². The molecule has 112 valence electrons. The van der Waals surface area contributed by atoms with Crippen molar-refractivity contribution in [1.29, 1.82) is 0 Å². The van der Waals surface area contributed by atoms with Gasteiger partial charge in [0.2, 0.25) is 0 Å². The van der Waals surface area contributed by atoms with Gasteiger partial charge in [-0.3, -0.25) is 4.79 Å². The van der Waals surface area contributed by atoms with E-state index in [1.54, 1.807) is 6.92 Å². The average Bonchev–Trinajstić information content (AvgIpc) is 2.79. The highest BCUT2D eigenvalue weighted by Crippen LogP contribution is 2.34. The lowest BCUT2D eigenvalue weighted by Crippen LogP contribution is -2.18. The summed E-state index contributed by atoms with van der Waals surface area (Å²) < 4.78 is 43.6. The van der Waals surface area contributed by atoms with Crippen LogP contribution in [0.5, 0.6) is 0 Å². The Morgan fingerprint density at radius 1 is 1.33 bits per heavy atom. The summed E-state index contributed by atoms with van der Waals surface area (Å²) in [6, 6.07) is 4.80. The molecular weight excluding hydrogens is 285 g/mol. The number of amides is 1. The van der Waals surface area contributed by atoms with Crippen molar-refractivity contribution in [2.45, 2.75) is 26.4 Å². The van der Waals surface area contributed by atoms with Gasteiger partial charge in [-0.2, -0.15) is 13.2 Å². The van der Waals surface area contributed by atoms with Gasteiger partial charge in [0.05, 0.1) is 16.9 Å². The topological polar surface area (TPSA) is 55.1 Å². The Morgan fingerprint density at radius 2 is 2.00 bits per heavy atom. The van der Waals surface area contributed by atoms with Gasteiger partial charge in [0.1, 0.15) is 11.3 Å². The number of anilines is 1. The molecule has 0 bridgehead atoms. The molecule has 21 heavy (non-hydrogen) atoms. The third-order valence-electron chi connectivity index (χ3n) is 2.98. The van der Waals surface area contributed by atoms with E-state index in [0.717, 1.165) is 6.07 Å². The van der Waals surface area contributed by atoms with Crippen molar-refractivity contribution in [2.24, 2.45) is 0 Å². The lowest BCUT2D eigenvalue weighted by atomic mass is 10.1. The molecule has 0 atom stereocenters. The van der Waals surface area contributed by atoms with Crippen LogP contribution in [-0.4, -0.2) is 11.1 Å². The number of carbonyl (C=O) groups is 1. The Morgan fingerprint density at radius 3 is 2.62 bits per heavy atom. The van der Waals surface area contributed by atoms with E-state index >= 15 is 0 Å². The van der Waals surface area contributed by atoms with Crippen LogP contribution in [0.4, 0.5) is 18.9 Å². The van der Waals surface area contributed by atoms with Gasteiger partial charge in [-0.05, 0) is 25.5 Å². The molecule has 0 radical (unpaired) electrons. The van der Waals surface area contributed by atoms with Crippen LogP contribution < -0.4 is 5.32 Å². The first-order valence-electron chi connectivity index (χ1n) is 6.27. The average molecular weight is 298 g/mol. The number of nitrogens with zero attached hydrogens (tertiary/aromatic N) is 1. The van der Waals surface area contributed by atoms with Gasteiger partial charge in [-0.1, -0.05) is 24.2 Å². The number of hydrogen-bond acceptors (Lipinski definition) is 3. The van der Waals surface area contributed by atoms with E-state index in [-0.39, 0.29) is 17.0 Å². The summed E-state index contributed by atoms with van der Waals surface area (Å²) in [5.41, 5.74) is -0.605. The first kappa shape index (κ1) is 15.1. The molecule has 2 aromatic rings. The maximum atomic E-state index is 12.9. The molecule has 0 saturated carbocycles. The maximum absolute atomic E-state index is 12.9. The van der Waals surface area contributed by atoms with Crippen LogP contribution in [0.15, 0.2) is 28.8 Å². The number of aryl methyl sites for hydroxylation is 2. The van der Waals surface area contributed by atoms with Crippen molar-refractivity contribution in [3.63, 3.8) is 0 Å². The van der Waals surface area contributed by atoms with Crippen LogP contribution in [0, 0.1) is 6.92 Å². The van der Waals surface area contributed by atoms with Gasteiger partial charge < -0.3 is 9.84 Å². The quantitative estimate of drug-likeness (QED) is 0.937. The van der Waals surface area contributed by atoms with Gasteiger partial charge in [-0.15, -0.1) is 0 Å².